The molecule has 0 spiro atoms. The molecule has 0 N–H and O–H groups in total. The molecule has 0 heterocycles. The second kappa shape index (κ2) is 3.93. The third-order valence-electron chi connectivity index (χ3n) is 1.50. The van der Waals surface area contributed by atoms with Crippen LogP contribution in [-0.4, -0.2) is 32.7 Å². The van der Waals surface area contributed by atoms with E-state index in [1.54, 1.807) is 0 Å². The minimum atomic E-state index is -0.0502. The van der Waals surface area contributed by atoms with Crippen molar-refractivity contribution in [2.24, 2.45) is 0 Å². The summed E-state index contributed by atoms with van der Waals surface area (Å²) in [5.41, 5.74) is 0. The standard InChI is InChI=1S/C6H15Si.Sn/c1-6(2,3)7(4)5;/h1-5H3;. The molecule has 0 aliphatic heterocycles. The Morgan fingerprint density at radius 1 is 1.00 bits per heavy atom. The van der Waals surface area contributed by atoms with Crippen molar-refractivity contribution in [2.75, 3.05) is 0 Å². The topological polar surface area (TPSA) is 0 Å². The Bertz CT molecular complexity index is 54.0. The van der Waals surface area contributed by atoms with Gasteiger partial charge in [0.1, 0.15) is 0 Å². The first kappa shape index (κ1) is 11.8. The summed E-state index contributed by atoms with van der Waals surface area (Å²) in [5.74, 6) is 0. The van der Waals surface area contributed by atoms with E-state index in [1.807, 2.05) is 0 Å². The quantitative estimate of drug-likeness (QED) is 0.563. The third-order valence-corrected chi connectivity index (χ3v) is 4.50. The Labute approximate surface area is 71.6 Å². The molecule has 0 bridgehead atoms. The van der Waals surface area contributed by atoms with Gasteiger partial charge in [0.2, 0.25) is 0 Å². The average Bonchev–Trinajstić information content (AvgIpc) is 1.31. The molecule has 0 rings (SSSR count). The van der Waals surface area contributed by atoms with Gasteiger partial charge in [-0.1, -0.05) is 33.9 Å². The van der Waals surface area contributed by atoms with E-state index >= 15 is 0 Å². The molecule has 0 aromatic rings. The maximum Gasteiger partial charge on any atom is 0.0470 e. The Hall–Kier alpha value is 1.02. The summed E-state index contributed by atoms with van der Waals surface area (Å²) in [5, 5.41) is 0.602. The van der Waals surface area contributed by atoms with Crippen molar-refractivity contribution < 1.29 is 0 Å². The van der Waals surface area contributed by atoms with E-state index in [9.17, 15) is 0 Å². The van der Waals surface area contributed by atoms with Crippen LogP contribution in [0.4, 0.5) is 0 Å². The van der Waals surface area contributed by atoms with Crippen LogP contribution in [0.2, 0.25) is 18.1 Å². The first-order valence-corrected chi connectivity index (χ1v) is 5.25. The zero-order chi connectivity index (χ0) is 6.08. The normalized spacial score (nSPS) is 11.2. The summed E-state index contributed by atoms with van der Waals surface area (Å²) in [6.07, 6.45) is 0. The zero-order valence-corrected chi connectivity index (χ0v) is 10.4. The van der Waals surface area contributed by atoms with Crippen LogP contribution in [-0.2, 0) is 0 Å². The van der Waals surface area contributed by atoms with Crippen LogP contribution in [0.5, 0.6) is 0 Å². The van der Waals surface area contributed by atoms with E-state index in [4.69, 9.17) is 0 Å². The first-order valence-electron chi connectivity index (χ1n) is 2.75. The van der Waals surface area contributed by atoms with E-state index in [-0.39, 0.29) is 32.7 Å². The van der Waals surface area contributed by atoms with Crippen LogP contribution in [0.25, 0.3) is 0 Å². The predicted molar refractivity (Wildman–Crippen MR) is 43.0 cm³/mol. The number of hydrogen-bond acceptors (Lipinski definition) is 0. The summed E-state index contributed by atoms with van der Waals surface area (Å²) < 4.78 is 0. The summed E-state index contributed by atoms with van der Waals surface area (Å²) in [7, 11) is -0.0502. The van der Waals surface area contributed by atoms with Gasteiger partial charge in [0.15, 0.2) is 0 Å². The molecule has 0 aromatic heterocycles. The molecular formula is C6H15SiSn. The fraction of sp³-hybridized carbons (Fsp3) is 1.00. The largest absolute Gasteiger partial charge is 0.0709 e. The van der Waals surface area contributed by atoms with Crippen molar-refractivity contribution in [1.82, 2.24) is 0 Å². The van der Waals surface area contributed by atoms with Gasteiger partial charge in [-0.15, -0.1) is 0 Å². The Kier molecular flexibility index (Phi) is 5.79. The van der Waals surface area contributed by atoms with E-state index in [0.717, 1.165) is 0 Å². The molecule has 0 saturated carbocycles. The van der Waals surface area contributed by atoms with Crippen molar-refractivity contribution in [3.05, 3.63) is 0 Å². The molecule has 5 radical (unpaired) electrons. The molecule has 0 nitrogen and oxygen atoms in total. The fourth-order valence-corrected chi connectivity index (χ4v) is 0. The molecule has 0 saturated heterocycles. The Balaban J connectivity index is 0. The average molecular weight is 234 g/mol. The van der Waals surface area contributed by atoms with E-state index in [0.29, 0.717) is 5.04 Å². The molecule has 0 aromatic carbocycles. The summed E-state index contributed by atoms with van der Waals surface area (Å²) in [6, 6.07) is 0. The van der Waals surface area contributed by atoms with Gasteiger partial charge >= 0.3 is 0 Å². The molecular weight excluding hydrogens is 219 g/mol. The minimum absolute atomic E-state index is 0. The SMILES string of the molecule is C[Si](C)C(C)(C)C.[Sn]. The van der Waals surface area contributed by atoms with Gasteiger partial charge in [-0.25, -0.2) is 0 Å². The van der Waals surface area contributed by atoms with Crippen molar-refractivity contribution in [1.29, 1.82) is 0 Å². The van der Waals surface area contributed by atoms with Crippen LogP contribution in [0.3, 0.4) is 0 Å². The summed E-state index contributed by atoms with van der Waals surface area (Å²) in [4.78, 5) is 0. The van der Waals surface area contributed by atoms with Gasteiger partial charge in [-0.05, 0) is 5.04 Å². The second-order valence-electron chi connectivity index (χ2n) is 3.25. The van der Waals surface area contributed by atoms with Crippen molar-refractivity contribution >= 4 is 32.7 Å². The molecule has 8 heavy (non-hydrogen) atoms. The van der Waals surface area contributed by atoms with Gasteiger partial charge < -0.3 is 0 Å². The Morgan fingerprint density at radius 3 is 1.12 bits per heavy atom. The van der Waals surface area contributed by atoms with Gasteiger partial charge in [-0.2, -0.15) is 0 Å². The van der Waals surface area contributed by atoms with Crippen LogP contribution in [0.15, 0.2) is 0 Å². The first-order chi connectivity index (χ1) is 2.94. The molecule has 0 aliphatic carbocycles. The van der Waals surface area contributed by atoms with E-state index in [2.05, 4.69) is 33.9 Å². The second-order valence-corrected chi connectivity index (χ2v) is 6.75. The van der Waals surface area contributed by atoms with E-state index < -0.39 is 0 Å². The van der Waals surface area contributed by atoms with Crippen LogP contribution < -0.4 is 0 Å². The smallest absolute Gasteiger partial charge is 0.0470 e. The fourth-order valence-electron chi connectivity index (χ4n) is 0. The van der Waals surface area contributed by atoms with Crippen LogP contribution in [0.1, 0.15) is 20.8 Å². The van der Waals surface area contributed by atoms with Gasteiger partial charge in [-0.3, -0.25) is 0 Å². The van der Waals surface area contributed by atoms with Gasteiger partial charge in [0.05, 0.1) is 0 Å². The van der Waals surface area contributed by atoms with Crippen molar-refractivity contribution in [3.63, 3.8) is 0 Å². The number of rotatable bonds is 0. The van der Waals surface area contributed by atoms with Crippen molar-refractivity contribution in [3.8, 4) is 0 Å². The molecule has 47 valence electrons. The number of hydrogen-bond donors (Lipinski definition) is 0. The molecule has 0 aliphatic rings. The van der Waals surface area contributed by atoms with Crippen LogP contribution in [0, 0.1) is 0 Å². The molecule has 0 amide bonds. The zero-order valence-electron chi connectivity index (χ0n) is 6.50. The van der Waals surface area contributed by atoms with Crippen LogP contribution >= 0.6 is 0 Å². The third kappa shape index (κ3) is 5.16. The van der Waals surface area contributed by atoms with Gasteiger partial charge in [0, 0.05) is 32.7 Å². The monoisotopic (exact) mass is 235 g/mol. The maximum absolute atomic E-state index is 2.35. The minimum Gasteiger partial charge on any atom is -0.0709 e. The Morgan fingerprint density at radius 2 is 1.12 bits per heavy atom. The van der Waals surface area contributed by atoms with E-state index in [1.165, 1.54) is 0 Å². The summed E-state index contributed by atoms with van der Waals surface area (Å²) >= 11 is 0. The van der Waals surface area contributed by atoms with Gasteiger partial charge in [0.25, 0.3) is 0 Å². The summed E-state index contributed by atoms with van der Waals surface area (Å²) in [6.45, 7) is 11.6. The maximum atomic E-state index is 2.35. The predicted octanol–water partition coefficient (Wildman–Crippen LogP) is 2.16. The molecule has 0 unspecified atom stereocenters. The van der Waals surface area contributed by atoms with Crippen molar-refractivity contribution in [2.45, 2.75) is 38.9 Å². The molecule has 2 heteroatoms. The molecule has 0 fully saturated rings. The molecule has 0 atom stereocenters.